The first-order valence-electron chi connectivity index (χ1n) is 10.3. The van der Waals surface area contributed by atoms with E-state index in [0.29, 0.717) is 42.7 Å². The number of carboxylic acid groups (broad SMARTS) is 1. The smallest absolute Gasteiger partial charge is 0.303 e. The molecule has 0 amide bonds. The summed E-state index contributed by atoms with van der Waals surface area (Å²) in [6, 6.07) is 3.22. The van der Waals surface area contributed by atoms with Gasteiger partial charge < -0.3 is 20.5 Å². The molecule has 4 atom stereocenters. The van der Waals surface area contributed by atoms with Crippen LogP contribution < -0.4 is 0 Å². The molecule has 1 aliphatic carbocycles. The van der Waals surface area contributed by atoms with E-state index >= 15 is 0 Å². The minimum absolute atomic E-state index is 0.110. The molecule has 1 aliphatic rings. The Morgan fingerprint density at radius 3 is 2.61 bits per heavy atom. The number of aliphatic hydroxyl groups is 2. The lowest BCUT2D eigenvalue weighted by Gasteiger charge is -2.21. The number of unbranched alkanes of at least 4 members (excludes halogenated alkanes) is 1. The van der Waals surface area contributed by atoms with Crippen molar-refractivity contribution in [3.63, 3.8) is 0 Å². The first kappa shape index (κ1) is 25.3. The number of aliphatic carboxylic acids is 1. The number of allylic oxidation sites excluding steroid dienone is 2. The number of thioether (sulfide) groups is 1. The molecule has 31 heavy (non-hydrogen) atoms. The monoisotopic (exact) mass is 457 g/mol. The summed E-state index contributed by atoms with van der Waals surface area (Å²) in [6.45, 7) is 0. The average Bonchev–Trinajstić information content (AvgIpc) is 3.01. The lowest BCUT2D eigenvalue weighted by atomic mass is 9.86. The molecule has 0 heterocycles. The quantitative estimate of drug-likeness (QED) is 0.123. The highest BCUT2D eigenvalue weighted by Gasteiger charge is 2.39. The Bertz CT molecular complexity index is 769. The van der Waals surface area contributed by atoms with Crippen LogP contribution in [0.5, 0.6) is 0 Å². The van der Waals surface area contributed by atoms with Gasteiger partial charge in [-0.1, -0.05) is 17.3 Å². The van der Waals surface area contributed by atoms with Gasteiger partial charge in [0, 0.05) is 35.5 Å². The minimum atomic E-state index is -0.831. The molecule has 172 valence electrons. The number of hydrogen-bond donors (Lipinski definition) is 4. The van der Waals surface area contributed by atoms with E-state index in [4.69, 9.17) is 5.11 Å². The molecule has 4 unspecified atom stereocenters. The number of aliphatic hydroxyl groups excluding tert-OH is 2. The third kappa shape index (κ3) is 8.59. The molecular formula is C22H29F2NO5S. The minimum Gasteiger partial charge on any atom is -0.481 e. The van der Waals surface area contributed by atoms with Gasteiger partial charge in [-0.05, 0) is 50.2 Å². The van der Waals surface area contributed by atoms with Gasteiger partial charge in [-0.15, -0.1) is 11.8 Å². The highest BCUT2D eigenvalue weighted by molar-refractivity contribution is 7.99. The van der Waals surface area contributed by atoms with Crippen LogP contribution in [-0.4, -0.2) is 50.2 Å². The van der Waals surface area contributed by atoms with Crippen molar-refractivity contribution in [3.8, 4) is 0 Å². The summed E-state index contributed by atoms with van der Waals surface area (Å²) in [4.78, 5) is 10.9. The third-order valence-corrected chi connectivity index (χ3v) is 6.53. The van der Waals surface area contributed by atoms with Gasteiger partial charge in [-0.25, -0.2) is 8.78 Å². The van der Waals surface area contributed by atoms with Gasteiger partial charge in [-0.3, -0.25) is 4.79 Å². The fourth-order valence-corrected chi connectivity index (χ4v) is 4.79. The van der Waals surface area contributed by atoms with Gasteiger partial charge in [0.25, 0.3) is 0 Å². The van der Waals surface area contributed by atoms with Crippen LogP contribution in [0.2, 0.25) is 0 Å². The molecule has 0 aromatic heterocycles. The van der Waals surface area contributed by atoms with Crippen molar-refractivity contribution in [1.29, 1.82) is 0 Å². The van der Waals surface area contributed by atoms with E-state index in [2.05, 4.69) is 5.16 Å². The molecule has 1 aromatic rings. The lowest BCUT2D eigenvalue weighted by Crippen LogP contribution is -2.22. The molecular weight excluding hydrogens is 428 g/mol. The average molecular weight is 458 g/mol. The Morgan fingerprint density at radius 1 is 1.26 bits per heavy atom. The summed E-state index contributed by atoms with van der Waals surface area (Å²) in [6.07, 6.45) is 5.45. The summed E-state index contributed by atoms with van der Waals surface area (Å²) >= 11 is 1.16. The largest absolute Gasteiger partial charge is 0.481 e. The molecule has 9 heteroatoms. The van der Waals surface area contributed by atoms with Crippen molar-refractivity contribution in [3.05, 3.63) is 42.0 Å². The number of halogens is 2. The zero-order valence-corrected chi connectivity index (χ0v) is 18.0. The fraction of sp³-hybridized carbons (Fsp3) is 0.545. The molecule has 1 fully saturated rings. The van der Waals surface area contributed by atoms with Crippen LogP contribution in [-0.2, 0) is 4.79 Å². The summed E-state index contributed by atoms with van der Waals surface area (Å²) < 4.78 is 26.5. The fourth-order valence-electron chi connectivity index (χ4n) is 3.85. The van der Waals surface area contributed by atoms with Crippen LogP contribution in [0.25, 0.3) is 0 Å². The van der Waals surface area contributed by atoms with E-state index < -0.39 is 29.8 Å². The molecule has 1 saturated carbocycles. The van der Waals surface area contributed by atoms with Crippen LogP contribution in [0.4, 0.5) is 8.78 Å². The van der Waals surface area contributed by atoms with Crippen molar-refractivity contribution < 1.29 is 34.1 Å². The molecule has 0 spiro atoms. The van der Waals surface area contributed by atoms with Crippen LogP contribution >= 0.6 is 11.8 Å². The predicted octanol–water partition coefficient (Wildman–Crippen LogP) is 4.23. The Hall–Kier alpha value is -1.97. The maximum atomic E-state index is 13.3. The zero-order valence-electron chi connectivity index (χ0n) is 17.2. The van der Waals surface area contributed by atoms with Gasteiger partial charge >= 0.3 is 5.97 Å². The highest BCUT2D eigenvalue weighted by atomic mass is 32.2. The first-order valence-corrected chi connectivity index (χ1v) is 11.3. The SMILES string of the molecule is O=C(O)CCC/C=C/CC1C(O)C/C(=N/O)C1CCC(O)CSc1cc(F)cc(F)c1. The van der Waals surface area contributed by atoms with Gasteiger partial charge in [-0.2, -0.15) is 0 Å². The molecule has 0 aliphatic heterocycles. The Balaban J connectivity index is 1.84. The molecule has 2 rings (SSSR count). The number of nitrogens with zero attached hydrogens (tertiary/aromatic N) is 1. The predicted molar refractivity (Wildman–Crippen MR) is 114 cm³/mol. The molecule has 0 saturated heterocycles. The van der Waals surface area contributed by atoms with E-state index in [1.165, 1.54) is 12.1 Å². The number of oxime groups is 1. The molecule has 6 nitrogen and oxygen atoms in total. The van der Waals surface area contributed by atoms with Crippen molar-refractivity contribution in [1.82, 2.24) is 0 Å². The zero-order chi connectivity index (χ0) is 22.8. The third-order valence-electron chi connectivity index (χ3n) is 5.41. The summed E-state index contributed by atoms with van der Waals surface area (Å²) in [5.41, 5.74) is 0.504. The van der Waals surface area contributed by atoms with E-state index in [0.717, 1.165) is 17.8 Å². The molecule has 0 bridgehead atoms. The van der Waals surface area contributed by atoms with Crippen LogP contribution in [0, 0.1) is 23.5 Å². The number of benzene rings is 1. The first-order chi connectivity index (χ1) is 14.8. The molecule has 4 N–H and O–H groups in total. The lowest BCUT2D eigenvalue weighted by molar-refractivity contribution is -0.137. The number of carboxylic acids is 1. The van der Waals surface area contributed by atoms with Gasteiger partial charge in [0.1, 0.15) is 11.6 Å². The van der Waals surface area contributed by atoms with Crippen LogP contribution in [0.1, 0.15) is 44.9 Å². The van der Waals surface area contributed by atoms with E-state index in [1.807, 2.05) is 12.2 Å². The second-order valence-corrected chi connectivity index (χ2v) is 8.87. The van der Waals surface area contributed by atoms with Gasteiger partial charge in [0.15, 0.2) is 0 Å². The molecule has 0 radical (unpaired) electrons. The Morgan fingerprint density at radius 2 is 1.97 bits per heavy atom. The second kappa shape index (κ2) is 12.8. The van der Waals surface area contributed by atoms with Crippen molar-refractivity contribution in [2.45, 2.75) is 62.0 Å². The van der Waals surface area contributed by atoms with Crippen LogP contribution in [0.15, 0.2) is 40.4 Å². The van der Waals surface area contributed by atoms with E-state index in [9.17, 15) is 29.0 Å². The van der Waals surface area contributed by atoms with Crippen LogP contribution in [0.3, 0.4) is 0 Å². The number of rotatable bonds is 12. The van der Waals surface area contributed by atoms with Gasteiger partial charge in [0.2, 0.25) is 0 Å². The highest BCUT2D eigenvalue weighted by Crippen LogP contribution is 2.36. The van der Waals surface area contributed by atoms with E-state index in [1.54, 1.807) is 0 Å². The summed E-state index contributed by atoms with van der Waals surface area (Å²) in [5, 5.41) is 42.0. The Labute approximate surface area is 184 Å². The van der Waals surface area contributed by atoms with Gasteiger partial charge in [0.05, 0.1) is 17.9 Å². The standard InChI is InChI=1S/C22H29F2NO5S/c23-14-9-15(24)11-17(10-14)31-13-16(26)7-8-18-19(21(27)12-20(18)25-30)5-3-1-2-4-6-22(28)29/h1,3,9-11,16,18-19,21,26-27,30H,2,4-8,12-13H2,(H,28,29)/b3-1+,25-20-. The topological polar surface area (TPSA) is 110 Å². The summed E-state index contributed by atoms with van der Waals surface area (Å²) in [7, 11) is 0. The summed E-state index contributed by atoms with van der Waals surface area (Å²) in [5.74, 6) is -2.24. The maximum absolute atomic E-state index is 13.3. The number of hydrogen-bond acceptors (Lipinski definition) is 6. The molecule has 1 aromatic carbocycles. The normalized spacial score (nSPS) is 23.6. The maximum Gasteiger partial charge on any atom is 0.303 e. The van der Waals surface area contributed by atoms with Crippen molar-refractivity contribution in [2.75, 3.05) is 5.75 Å². The van der Waals surface area contributed by atoms with Crippen molar-refractivity contribution >= 4 is 23.4 Å². The van der Waals surface area contributed by atoms with E-state index in [-0.39, 0.29) is 30.4 Å². The Kier molecular flexibility index (Phi) is 10.4. The van der Waals surface area contributed by atoms with Crippen molar-refractivity contribution in [2.24, 2.45) is 17.0 Å². The second-order valence-electron chi connectivity index (χ2n) is 7.77. The number of carbonyl (C=O) groups is 1.